The Morgan fingerprint density at radius 2 is 0.702 bits per heavy atom. The Labute approximate surface area is 720 Å². The molecule has 6 rings (SSSR count). The molecule has 121 heavy (non-hydrogen) atoms. The molecule has 0 aromatic rings. The molecule has 0 aromatic carbocycles. The first kappa shape index (κ1) is 123. The monoisotopic (exact) mass is 1820 g/mol. The zero-order valence-corrected chi connectivity index (χ0v) is 73.5. The standard InChI is InChI=1S/C18H33O13P.C12H22O6.C11H20O6.C10H18O6.C9H15O5.C8H17O7P.2CO2.Na.H2O/c1-10(2)29-17(22)25-8-27-32(24,28-9-26-18(23)30-11(3)4)7-6-13-15(20)16(21)14(19)12(5)31-13;1-6(12(16)17-3)4-5-8-10(14)11(15)9(13)7(2)18-8;1-3-16-8(12)5-4-7-10(14)11(15)9(13)6(2)17-7;1-5-8(13)10(15)9(14)6(16-5)3-2-4-7(11)12;1-5-7(11)9(13)8(12)6(14-5)3-2-4-10;1-4-6(9)8(11)7(10)5(15-4)2-3-16(12,13)14;2*2-1-3;;/h10-16,19-21H,6-9H2,1-5H3;6-11,13-15H,4-5H2,1-3H3;6-7,9-11,13-15H,3-5H2,1-2H3;5-6,8-10,13-15H,2-4H2,1H3,(H,11,12);5-9,11-13H,2-3H2,1H3;4-11H,2-3H2,1H3,(H2,12,13,14);;;;1H2/q;;;;-1;;;;+1;/p-1. The first-order valence-corrected chi connectivity index (χ1v) is 41.3. The second-order valence-electron chi connectivity index (χ2n) is 28.5. The van der Waals surface area contributed by atoms with Gasteiger partial charge in [0.2, 0.25) is 13.6 Å². The summed E-state index contributed by atoms with van der Waals surface area (Å²) in [5.74, 6) is -1.87. The van der Waals surface area contributed by atoms with Crippen LogP contribution in [0.1, 0.15) is 154 Å². The fourth-order valence-corrected chi connectivity index (χ4v) is 13.6. The third-order valence-electron chi connectivity index (χ3n) is 18.5. The Kier molecular flexibility index (Phi) is 64.6. The number of aliphatic hydroxyl groups is 18. The minimum atomic E-state index is -4.15. The Morgan fingerprint density at radius 3 is 0.975 bits per heavy atom. The first-order chi connectivity index (χ1) is 55.2. The molecule has 0 amide bonds. The molecule has 0 saturated carbocycles. The molecule has 6 saturated heterocycles. The molecular weight excluding hydrogens is 1690 g/mol. The smallest absolute Gasteiger partial charge is 0.870 e. The van der Waals surface area contributed by atoms with E-state index in [0.717, 1.165) is 0 Å². The van der Waals surface area contributed by atoms with Crippen molar-refractivity contribution in [3.8, 4) is 0 Å². The van der Waals surface area contributed by atoms with Gasteiger partial charge in [-0.15, -0.1) is 6.42 Å². The van der Waals surface area contributed by atoms with Gasteiger partial charge in [0.15, 0.2) is 0 Å². The average molecular weight is 1820 g/mol. The van der Waals surface area contributed by atoms with Crippen LogP contribution in [0.4, 0.5) is 9.59 Å². The van der Waals surface area contributed by atoms with Crippen molar-refractivity contribution in [3.05, 3.63) is 0 Å². The Hall–Kier alpha value is -4.32. The predicted octanol–water partition coefficient (Wildman–Crippen LogP) is -7.90. The van der Waals surface area contributed by atoms with Crippen molar-refractivity contribution in [2.45, 2.75) is 349 Å². The minimum Gasteiger partial charge on any atom is -0.870 e. The molecule has 31 atom stereocenters. The van der Waals surface area contributed by atoms with Crippen molar-refractivity contribution in [2.75, 3.05) is 39.6 Å². The molecule has 6 heterocycles. The van der Waals surface area contributed by atoms with Gasteiger partial charge in [0.25, 0.3) is 0 Å². The third-order valence-corrected chi connectivity index (χ3v) is 21.1. The summed E-state index contributed by atoms with van der Waals surface area (Å²) in [6, 6.07) is 0. The largest absolute Gasteiger partial charge is 1.00 e. The summed E-state index contributed by atoms with van der Waals surface area (Å²) in [6.07, 6.45) is -29.4. The first-order valence-electron chi connectivity index (χ1n) is 37.8. The van der Waals surface area contributed by atoms with Gasteiger partial charge in [0, 0.05) is 12.8 Å². The van der Waals surface area contributed by atoms with Gasteiger partial charge in [-0.25, -0.2) is 9.59 Å². The Morgan fingerprint density at radius 1 is 0.421 bits per heavy atom. The number of carboxylic acids is 1. The molecule has 0 radical (unpaired) electrons. The summed E-state index contributed by atoms with van der Waals surface area (Å²) in [5, 5.41) is 181. The molecular formula is C70H126NaO48P2-. The predicted molar refractivity (Wildman–Crippen MR) is 395 cm³/mol. The minimum absolute atomic E-state index is 0. The van der Waals surface area contributed by atoms with Crippen LogP contribution in [0.15, 0.2) is 0 Å². The maximum absolute atomic E-state index is 13.0. The topological polar surface area (TPSA) is 789 Å². The van der Waals surface area contributed by atoms with Gasteiger partial charge in [-0.3, -0.25) is 38.8 Å². The Bertz CT molecular complexity index is 2980. The summed E-state index contributed by atoms with van der Waals surface area (Å²) in [6.45, 7) is 18.1. The molecule has 22 N–H and O–H groups in total. The fourth-order valence-electron chi connectivity index (χ4n) is 11.6. The van der Waals surface area contributed by atoms with Crippen molar-refractivity contribution >= 4 is 64.0 Å². The van der Waals surface area contributed by atoms with Gasteiger partial charge in [-0.1, -0.05) is 6.92 Å². The number of carbonyl (C=O) groups excluding carboxylic acids is 9. The number of esters is 2. The van der Waals surface area contributed by atoms with Crippen LogP contribution in [-0.4, -0.2) is 396 Å². The molecule has 706 valence electrons. The second-order valence-corrected chi connectivity index (χ2v) is 32.5. The van der Waals surface area contributed by atoms with E-state index >= 15 is 0 Å². The van der Waals surface area contributed by atoms with Crippen molar-refractivity contribution < 1.29 is 265 Å². The van der Waals surface area contributed by atoms with Crippen LogP contribution in [0.5, 0.6) is 0 Å². The maximum Gasteiger partial charge on any atom is 1.00 e. The molecule has 0 aliphatic carbocycles. The molecule has 6 aliphatic heterocycles. The van der Waals surface area contributed by atoms with E-state index in [2.05, 4.69) is 14.2 Å². The number of carboxylic acid groups (broad SMARTS) is 1. The molecule has 6 fully saturated rings. The molecule has 0 aromatic heterocycles. The van der Waals surface area contributed by atoms with Crippen LogP contribution < -0.4 is 29.6 Å². The molecule has 48 nitrogen and oxygen atoms in total. The van der Waals surface area contributed by atoms with Crippen LogP contribution in [0.3, 0.4) is 0 Å². The molecule has 6 aliphatic rings. The van der Waals surface area contributed by atoms with Gasteiger partial charge in [-0.2, -0.15) is 19.2 Å². The van der Waals surface area contributed by atoms with Gasteiger partial charge in [-0.05, 0) is 128 Å². The molecule has 0 spiro atoms. The van der Waals surface area contributed by atoms with Crippen LogP contribution >= 0.6 is 15.2 Å². The molecule has 0 bridgehead atoms. The van der Waals surface area contributed by atoms with Crippen molar-refractivity contribution in [1.82, 2.24) is 0 Å². The van der Waals surface area contributed by atoms with E-state index < -0.39 is 249 Å². The Balaban J connectivity index is -0.000000683. The number of aliphatic hydroxyl groups excluding tert-OH is 18. The van der Waals surface area contributed by atoms with E-state index in [1.165, 1.54) is 21.0 Å². The van der Waals surface area contributed by atoms with Gasteiger partial charge < -0.3 is 174 Å². The van der Waals surface area contributed by atoms with E-state index in [4.69, 9.17) is 85.8 Å². The van der Waals surface area contributed by atoms with Crippen molar-refractivity contribution in [2.24, 2.45) is 5.92 Å². The van der Waals surface area contributed by atoms with Crippen LogP contribution in [0.25, 0.3) is 0 Å². The van der Waals surface area contributed by atoms with E-state index in [9.17, 15) is 130 Å². The summed E-state index contributed by atoms with van der Waals surface area (Å²) in [4.78, 5) is 115. The average Bonchev–Trinajstić information content (AvgIpc) is 0.835. The normalized spacial score (nSPS) is 33.7. The van der Waals surface area contributed by atoms with Gasteiger partial charge in [0.1, 0.15) is 110 Å². The van der Waals surface area contributed by atoms with E-state index in [1.54, 1.807) is 75.5 Å². The fraction of sp³-hybridized carbons (Fsp3) is 0.886. The van der Waals surface area contributed by atoms with Crippen LogP contribution in [-0.2, 0) is 113 Å². The summed E-state index contributed by atoms with van der Waals surface area (Å²) in [7, 11) is -6.87. The summed E-state index contributed by atoms with van der Waals surface area (Å²) in [5.41, 5.74) is 0. The zero-order chi connectivity index (χ0) is 92.3. The summed E-state index contributed by atoms with van der Waals surface area (Å²) >= 11 is 0. The number of methoxy groups -OCH3 is 1. The number of ether oxygens (including phenoxy) is 12. The van der Waals surface area contributed by atoms with Crippen molar-refractivity contribution in [3.63, 3.8) is 0 Å². The van der Waals surface area contributed by atoms with E-state index in [-0.39, 0.29) is 110 Å². The summed E-state index contributed by atoms with van der Waals surface area (Å²) < 4.78 is 94.0. The van der Waals surface area contributed by atoms with Gasteiger partial charge in [0.05, 0.1) is 117 Å². The zero-order valence-electron chi connectivity index (χ0n) is 69.7. The third kappa shape index (κ3) is 46.8. The van der Waals surface area contributed by atoms with Gasteiger partial charge >= 0.3 is 87.3 Å². The number of carbonyl (C=O) groups is 5. The van der Waals surface area contributed by atoms with Crippen LogP contribution in [0, 0.1) is 5.92 Å². The number of aliphatic carboxylic acids is 1. The van der Waals surface area contributed by atoms with E-state index in [0.29, 0.717) is 38.7 Å². The number of rotatable bonds is 29. The van der Waals surface area contributed by atoms with E-state index in [1.807, 2.05) is 0 Å². The van der Waals surface area contributed by atoms with Crippen LogP contribution in [0.2, 0.25) is 0 Å². The SMILES string of the molecule is CC(C)OC(=O)OCOP(=O)(CCC1OC(C)C(O)C(O)C1O)OCOC(=O)OC(C)C.CC1OC(CCCC(=O)O)C(O)C(O)C1O.CC1OC(CCP(=O)(O)O)C(O)C(O)C1O.CC1OC(CC[C-]=O)C(O)C(O)C1O.CCOC(=O)CCC1OC(C)C(O)C(O)C1O.COC(=O)C(C)CCC1OC(C)C(O)C(O)C1O.O=C=O.O=C=O.[Na+].[OH-]. The molecule has 51 heteroatoms. The number of hydrogen-bond donors (Lipinski definition) is 21. The van der Waals surface area contributed by atoms with Crippen molar-refractivity contribution in [1.29, 1.82) is 0 Å². The second kappa shape index (κ2) is 63.6. The quantitative estimate of drug-likeness (QED) is 0.00826. The molecule has 31 unspecified atom stereocenters. The number of hydrogen-bond acceptors (Lipinski definition) is 45. The maximum atomic E-state index is 13.0.